The van der Waals surface area contributed by atoms with Gasteiger partial charge in [-0.3, -0.25) is 19.5 Å². The summed E-state index contributed by atoms with van der Waals surface area (Å²) in [6.07, 6.45) is 5.45. The average molecular weight is 346 g/mol. The Kier molecular flexibility index (Phi) is 5.86. The van der Waals surface area contributed by atoms with Gasteiger partial charge in [0.15, 0.2) is 0 Å². The van der Waals surface area contributed by atoms with E-state index in [1.54, 1.807) is 25.4 Å². The summed E-state index contributed by atoms with van der Waals surface area (Å²) < 4.78 is 6.07. The first kappa shape index (κ1) is 17.7. The fourth-order valence-corrected chi connectivity index (χ4v) is 3.44. The van der Waals surface area contributed by atoms with E-state index in [4.69, 9.17) is 4.74 Å². The molecule has 1 N–H and O–H groups in total. The lowest BCUT2D eigenvalue weighted by molar-refractivity contribution is -0.127. The number of aromatic nitrogens is 1. The molecule has 1 aromatic rings. The summed E-state index contributed by atoms with van der Waals surface area (Å²) in [7, 11) is 1.58. The number of hydrogen-bond acceptors (Lipinski definition) is 5. The highest BCUT2D eigenvalue weighted by Gasteiger charge is 2.24. The van der Waals surface area contributed by atoms with Crippen molar-refractivity contribution in [3.8, 4) is 5.75 Å². The molecule has 2 saturated heterocycles. The third-order valence-electron chi connectivity index (χ3n) is 4.81. The zero-order valence-corrected chi connectivity index (χ0v) is 14.7. The molecule has 0 radical (unpaired) electrons. The lowest BCUT2D eigenvalue weighted by Crippen LogP contribution is -2.44. The Hall–Kier alpha value is -2.15. The topological polar surface area (TPSA) is 74.8 Å². The van der Waals surface area contributed by atoms with Crippen molar-refractivity contribution < 1.29 is 14.3 Å². The van der Waals surface area contributed by atoms with Gasteiger partial charge < -0.3 is 15.0 Å². The molecule has 1 atom stereocenters. The summed E-state index contributed by atoms with van der Waals surface area (Å²) in [6.45, 7) is 4.49. The van der Waals surface area contributed by atoms with Crippen molar-refractivity contribution in [2.75, 3.05) is 39.8 Å². The van der Waals surface area contributed by atoms with Crippen molar-refractivity contribution in [3.63, 3.8) is 0 Å². The summed E-state index contributed by atoms with van der Waals surface area (Å²) >= 11 is 0. The summed E-state index contributed by atoms with van der Waals surface area (Å²) in [5.74, 6) is 0.740. The standard InChI is InChI=1S/C18H26N4O3/c1-19-18(24)16-12-14(6-7-20-16)25-15-4-2-8-21(13-15)10-11-22-9-3-5-17(22)23/h6-7,12,15H,2-5,8-11,13H2,1H3,(H,19,24)/t15-/m1/s1. The minimum absolute atomic E-state index is 0.1000. The lowest BCUT2D eigenvalue weighted by atomic mass is 10.1. The van der Waals surface area contributed by atoms with E-state index in [1.807, 2.05) is 4.90 Å². The van der Waals surface area contributed by atoms with E-state index in [0.717, 1.165) is 52.0 Å². The number of piperidine rings is 1. The molecule has 0 aliphatic carbocycles. The van der Waals surface area contributed by atoms with Gasteiger partial charge in [-0.15, -0.1) is 0 Å². The fourth-order valence-electron chi connectivity index (χ4n) is 3.44. The Balaban J connectivity index is 1.51. The average Bonchev–Trinajstić information content (AvgIpc) is 3.05. The van der Waals surface area contributed by atoms with Gasteiger partial charge in [0, 0.05) is 51.9 Å². The molecule has 1 aromatic heterocycles. The second-order valence-corrected chi connectivity index (χ2v) is 6.62. The quantitative estimate of drug-likeness (QED) is 0.829. The molecular formula is C18H26N4O3. The third-order valence-corrected chi connectivity index (χ3v) is 4.81. The highest BCUT2D eigenvalue weighted by molar-refractivity contribution is 5.92. The first-order chi connectivity index (χ1) is 12.2. The molecule has 0 saturated carbocycles. The molecule has 2 aliphatic heterocycles. The van der Waals surface area contributed by atoms with Gasteiger partial charge in [-0.25, -0.2) is 0 Å². The van der Waals surface area contributed by atoms with Crippen molar-refractivity contribution in [2.45, 2.75) is 31.8 Å². The van der Waals surface area contributed by atoms with Crippen LogP contribution in [0.25, 0.3) is 0 Å². The highest BCUT2D eigenvalue weighted by atomic mass is 16.5. The molecule has 0 aromatic carbocycles. The lowest BCUT2D eigenvalue weighted by Gasteiger charge is -2.33. The Morgan fingerprint density at radius 2 is 2.24 bits per heavy atom. The molecule has 2 aliphatic rings. The normalized spacial score (nSPS) is 21.4. The Morgan fingerprint density at radius 3 is 3.00 bits per heavy atom. The Morgan fingerprint density at radius 1 is 1.36 bits per heavy atom. The smallest absolute Gasteiger partial charge is 0.269 e. The largest absolute Gasteiger partial charge is 0.489 e. The van der Waals surface area contributed by atoms with Gasteiger partial charge in [0.1, 0.15) is 17.5 Å². The molecule has 7 nitrogen and oxygen atoms in total. The van der Waals surface area contributed by atoms with Crippen molar-refractivity contribution >= 4 is 11.8 Å². The number of carbonyl (C=O) groups excluding carboxylic acids is 2. The van der Waals surface area contributed by atoms with Crippen molar-refractivity contribution in [3.05, 3.63) is 24.0 Å². The van der Waals surface area contributed by atoms with Gasteiger partial charge in [-0.1, -0.05) is 0 Å². The number of amides is 2. The maximum Gasteiger partial charge on any atom is 0.269 e. The number of pyridine rings is 1. The van der Waals surface area contributed by atoms with Crippen molar-refractivity contribution in [1.29, 1.82) is 0 Å². The first-order valence-electron chi connectivity index (χ1n) is 9.00. The molecule has 0 bridgehead atoms. The van der Waals surface area contributed by atoms with Crippen LogP contribution < -0.4 is 10.1 Å². The number of ether oxygens (including phenoxy) is 1. The number of rotatable bonds is 6. The van der Waals surface area contributed by atoms with Gasteiger partial charge in [-0.2, -0.15) is 0 Å². The summed E-state index contributed by atoms with van der Waals surface area (Å²) in [5, 5.41) is 2.57. The molecule has 25 heavy (non-hydrogen) atoms. The van der Waals surface area contributed by atoms with Gasteiger partial charge in [0.2, 0.25) is 5.91 Å². The molecular weight excluding hydrogens is 320 g/mol. The molecule has 3 heterocycles. The van der Waals surface area contributed by atoms with E-state index in [-0.39, 0.29) is 17.9 Å². The molecule has 0 spiro atoms. The predicted molar refractivity (Wildman–Crippen MR) is 93.5 cm³/mol. The number of hydrogen-bond donors (Lipinski definition) is 1. The van der Waals surface area contributed by atoms with Crippen LogP contribution in [0.3, 0.4) is 0 Å². The maximum absolute atomic E-state index is 11.7. The van der Waals surface area contributed by atoms with Gasteiger partial charge in [0.05, 0.1) is 0 Å². The summed E-state index contributed by atoms with van der Waals surface area (Å²) in [5.41, 5.74) is 0.361. The summed E-state index contributed by atoms with van der Waals surface area (Å²) in [4.78, 5) is 31.8. The predicted octanol–water partition coefficient (Wildman–Crippen LogP) is 0.907. The molecule has 2 fully saturated rings. The van der Waals surface area contributed by atoms with E-state index >= 15 is 0 Å². The number of carbonyl (C=O) groups is 2. The van der Waals surface area contributed by atoms with Crippen LogP contribution in [0.15, 0.2) is 18.3 Å². The van der Waals surface area contributed by atoms with E-state index in [9.17, 15) is 9.59 Å². The van der Waals surface area contributed by atoms with Crippen molar-refractivity contribution in [1.82, 2.24) is 20.1 Å². The second kappa shape index (κ2) is 8.29. The fraction of sp³-hybridized carbons (Fsp3) is 0.611. The SMILES string of the molecule is CNC(=O)c1cc(O[C@@H]2CCCN(CCN3CCCC3=O)C2)ccn1. The summed E-state index contributed by atoms with van der Waals surface area (Å²) in [6, 6.07) is 3.47. The van der Waals surface area contributed by atoms with Crippen LogP contribution in [-0.4, -0.2) is 72.5 Å². The van der Waals surface area contributed by atoms with Crippen LogP contribution in [0, 0.1) is 0 Å². The van der Waals surface area contributed by atoms with Crippen LogP contribution in [0.2, 0.25) is 0 Å². The van der Waals surface area contributed by atoms with Crippen LogP contribution in [0.4, 0.5) is 0 Å². The van der Waals surface area contributed by atoms with E-state index in [1.165, 1.54) is 0 Å². The minimum atomic E-state index is -0.217. The van der Waals surface area contributed by atoms with Gasteiger partial charge in [-0.05, 0) is 31.9 Å². The van der Waals surface area contributed by atoms with Gasteiger partial charge in [0.25, 0.3) is 5.91 Å². The molecule has 0 unspecified atom stereocenters. The van der Waals surface area contributed by atoms with Crippen molar-refractivity contribution in [2.24, 2.45) is 0 Å². The zero-order chi connectivity index (χ0) is 17.6. The molecule has 3 rings (SSSR count). The van der Waals surface area contributed by atoms with Crippen LogP contribution >= 0.6 is 0 Å². The maximum atomic E-state index is 11.7. The van der Waals surface area contributed by atoms with E-state index < -0.39 is 0 Å². The van der Waals surface area contributed by atoms with Crippen LogP contribution in [-0.2, 0) is 4.79 Å². The first-order valence-corrected chi connectivity index (χ1v) is 9.00. The third kappa shape index (κ3) is 4.69. The second-order valence-electron chi connectivity index (χ2n) is 6.62. The van der Waals surface area contributed by atoms with Gasteiger partial charge >= 0.3 is 0 Å². The number of nitrogens with one attached hydrogen (secondary N) is 1. The molecule has 7 heteroatoms. The Labute approximate surface area is 148 Å². The van der Waals surface area contributed by atoms with E-state index in [2.05, 4.69) is 15.2 Å². The molecule has 136 valence electrons. The Bertz CT molecular complexity index is 622. The molecule has 2 amide bonds. The van der Waals surface area contributed by atoms with E-state index in [0.29, 0.717) is 17.9 Å². The number of likely N-dealkylation sites (tertiary alicyclic amines) is 2. The van der Waals surface area contributed by atoms with Crippen LogP contribution in [0.5, 0.6) is 5.75 Å². The monoisotopic (exact) mass is 346 g/mol. The zero-order valence-electron chi connectivity index (χ0n) is 14.7. The minimum Gasteiger partial charge on any atom is -0.489 e. The highest BCUT2D eigenvalue weighted by Crippen LogP contribution is 2.19. The van der Waals surface area contributed by atoms with Crippen LogP contribution in [0.1, 0.15) is 36.2 Å². The number of nitrogens with zero attached hydrogens (tertiary/aromatic N) is 3.